The second-order valence-corrected chi connectivity index (χ2v) is 8.80. The zero-order chi connectivity index (χ0) is 23.2. The van der Waals surface area contributed by atoms with Crippen LogP contribution in [0.1, 0.15) is 49.7 Å². The summed E-state index contributed by atoms with van der Waals surface area (Å²) in [7, 11) is 0. The Hall–Kier alpha value is -3.35. The van der Waals surface area contributed by atoms with Crippen molar-refractivity contribution in [3.63, 3.8) is 0 Å². The minimum Gasteiger partial charge on any atom is -0.478 e. The van der Waals surface area contributed by atoms with E-state index >= 15 is 0 Å². The van der Waals surface area contributed by atoms with E-state index in [1.54, 1.807) is 24.3 Å². The molecule has 0 aromatic heterocycles. The Balaban J connectivity index is 1.64. The van der Waals surface area contributed by atoms with Crippen molar-refractivity contribution in [1.29, 1.82) is 0 Å². The summed E-state index contributed by atoms with van der Waals surface area (Å²) in [5.74, 6) is -0.992. The number of amides is 1. The molecule has 2 aliphatic heterocycles. The van der Waals surface area contributed by atoms with E-state index in [9.17, 15) is 19.5 Å². The van der Waals surface area contributed by atoms with Crippen LogP contribution < -0.4 is 10.1 Å². The number of carbonyl (C=O) groups excluding carboxylic acids is 2. The standard InChI is InChI=1S/C26H29NO6/c28-23-14-11-17-9-12-20(13-10-17)32-21-8-4-5-18(15-21)16-22(25(29)30)33-26(31)24(27-23)19-6-2-1-3-7-19/h4-5,8-10,12-13,15,19,22,24H,1-3,6-7,11,14,16H2,(H,27,28)(H,29,30)/t22-,24+/m1/s1. The number of ether oxygens (including phenoxy) is 2. The fourth-order valence-electron chi connectivity index (χ4n) is 4.54. The molecule has 1 amide bonds. The molecule has 33 heavy (non-hydrogen) atoms. The minimum atomic E-state index is -1.36. The van der Waals surface area contributed by atoms with Gasteiger partial charge in [0.15, 0.2) is 0 Å². The second kappa shape index (κ2) is 10.5. The number of fused-ring (bicyclic) bond motifs is 10. The van der Waals surface area contributed by atoms with Gasteiger partial charge in [-0.1, -0.05) is 43.5 Å². The van der Waals surface area contributed by atoms with Gasteiger partial charge in [0.25, 0.3) is 0 Å². The first-order valence-electron chi connectivity index (χ1n) is 11.6. The predicted molar refractivity (Wildman–Crippen MR) is 121 cm³/mol. The largest absolute Gasteiger partial charge is 0.478 e. The number of carbonyl (C=O) groups is 3. The molecule has 2 N–H and O–H groups in total. The molecule has 4 bridgehead atoms. The summed E-state index contributed by atoms with van der Waals surface area (Å²) in [6.45, 7) is 0. The van der Waals surface area contributed by atoms with Gasteiger partial charge in [-0.3, -0.25) is 4.79 Å². The van der Waals surface area contributed by atoms with Gasteiger partial charge in [0.2, 0.25) is 12.0 Å². The molecule has 0 spiro atoms. The van der Waals surface area contributed by atoms with Crippen molar-refractivity contribution in [2.24, 2.45) is 5.92 Å². The summed E-state index contributed by atoms with van der Waals surface area (Å²) in [4.78, 5) is 37.7. The summed E-state index contributed by atoms with van der Waals surface area (Å²) in [5.41, 5.74) is 1.66. The molecule has 7 nitrogen and oxygen atoms in total. The quantitative estimate of drug-likeness (QED) is 0.669. The first kappa shape index (κ1) is 22.8. The van der Waals surface area contributed by atoms with E-state index in [0.29, 0.717) is 23.5 Å². The molecule has 0 unspecified atom stereocenters. The summed E-state index contributed by atoms with van der Waals surface area (Å²) in [5, 5.41) is 12.6. The lowest BCUT2D eigenvalue weighted by Crippen LogP contribution is -2.49. The molecular weight excluding hydrogens is 422 g/mol. The van der Waals surface area contributed by atoms with Gasteiger partial charge in [-0.05, 0) is 60.6 Å². The third kappa shape index (κ3) is 6.12. The lowest BCUT2D eigenvalue weighted by atomic mass is 9.83. The van der Waals surface area contributed by atoms with Gasteiger partial charge >= 0.3 is 11.9 Å². The number of benzene rings is 2. The van der Waals surface area contributed by atoms with Crippen molar-refractivity contribution in [1.82, 2.24) is 5.32 Å². The monoisotopic (exact) mass is 451 g/mol. The van der Waals surface area contributed by atoms with E-state index in [1.165, 1.54) is 0 Å². The molecule has 1 saturated carbocycles. The van der Waals surface area contributed by atoms with Crippen LogP contribution in [0.2, 0.25) is 0 Å². The smallest absolute Gasteiger partial charge is 0.345 e. The van der Waals surface area contributed by atoms with Gasteiger partial charge in [0.05, 0.1) is 0 Å². The van der Waals surface area contributed by atoms with E-state index in [-0.39, 0.29) is 24.7 Å². The molecule has 2 atom stereocenters. The third-order valence-electron chi connectivity index (χ3n) is 6.34. The van der Waals surface area contributed by atoms with Crippen molar-refractivity contribution in [2.75, 3.05) is 0 Å². The highest BCUT2D eigenvalue weighted by molar-refractivity contribution is 5.86. The van der Waals surface area contributed by atoms with Crippen LogP contribution in [0.4, 0.5) is 0 Å². The number of carboxylic acids is 1. The average molecular weight is 452 g/mol. The fraction of sp³-hybridized carbons (Fsp3) is 0.423. The Morgan fingerprint density at radius 1 is 0.909 bits per heavy atom. The maximum absolute atomic E-state index is 13.1. The highest BCUT2D eigenvalue weighted by atomic mass is 16.6. The average Bonchev–Trinajstić information content (AvgIpc) is 2.82. The van der Waals surface area contributed by atoms with Crippen molar-refractivity contribution in [3.8, 4) is 11.5 Å². The number of aliphatic carboxylic acids is 1. The van der Waals surface area contributed by atoms with E-state index in [1.807, 2.05) is 24.3 Å². The summed E-state index contributed by atoms with van der Waals surface area (Å²) in [6, 6.07) is 13.8. The Morgan fingerprint density at radius 3 is 2.39 bits per heavy atom. The summed E-state index contributed by atoms with van der Waals surface area (Å²) in [6.07, 6.45) is 4.05. The first-order valence-corrected chi connectivity index (χ1v) is 11.6. The van der Waals surface area contributed by atoms with Crippen molar-refractivity contribution < 1.29 is 29.0 Å². The Bertz CT molecular complexity index is 996. The van der Waals surface area contributed by atoms with Crippen molar-refractivity contribution in [3.05, 3.63) is 59.7 Å². The van der Waals surface area contributed by atoms with Crippen LogP contribution in [0.25, 0.3) is 0 Å². The molecule has 1 fully saturated rings. The Labute approximate surface area is 193 Å². The van der Waals surface area contributed by atoms with Gasteiger partial charge in [-0.25, -0.2) is 9.59 Å². The zero-order valence-corrected chi connectivity index (χ0v) is 18.5. The minimum absolute atomic E-state index is 0.00252. The molecule has 0 radical (unpaired) electrons. The van der Waals surface area contributed by atoms with Crippen LogP contribution in [0, 0.1) is 5.92 Å². The van der Waals surface area contributed by atoms with Crippen LogP contribution >= 0.6 is 0 Å². The maximum atomic E-state index is 13.1. The van der Waals surface area contributed by atoms with Gasteiger partial charge in [0, 0.05) is 12.8 Å². The fourth-order valence-corrected chi connectivity index (χ4v) is 4.54. The number of rotatable bonds is 2. The zero-order valence-electron chi connectivity index (χ0n) is 18.5. The molecule has 1 aliphatic carbocycles. The number of carboxylic acid groups (broad SMARTS) is 1. The van der Waals surface area contributed by atoms with Crippen molar-refractivity contribution in [2.45, 2.75) is 63.5 Å². The normalized spacial score (nSPS) is 22.5. The molecular formula is C26H29NO6. The lowest BCUT2D eigenvalue weighted by Gasteiger charge is -2.30. The van der Waals surface area contributed by atoms with Crippen LogP contribution in [0.15, 0.2) is 48.5 Å². The van der Waals surface area contributed by atoms with Crippen LogP contribution in [0.3, 0.4) is 0 Å². The highest BCUT2D eigenvalue weighted by Gasteiger charge is 2.35. The summed E-state index contributed by atoms with van der Waals surface area (Å²) < 4.78 is 11.4. The van der Waals surface area contributed by atoms with Crippen LogP contribution in [0.5, 0.6) is 11.5 Å². The number of nitrogens with one attached hydrogen (secondary N) is 1. The molecule has 7 heteroatoms. The molecule has 2 heterocycles. The number of hydrogen-bond acceptors (Lipinski definition) is 5. The molecule has 0 saturated heterocycles. The predicted octanol–water partition coefficient (Wildman–Crippen LogP) is 4.03. The Kier molecular flexibility index (Phi) is 7.27. The van der Waals surface area contributed by atoms with Gasteiger partial charge in [-0.15, -0.1) is 0 Å². The molecule has 3 aliphatic rings. The van der Waals surface area contributed by atoms with Crippen molar-refractivity contribution >= 4 is 17.8 Å². The lowest BCUT2D eigenvalue weighted by molar-refractivity contribution is -0.167. The number of esters is 1. The highest BCUT2D eigenvalue weighted by Crippen LogP contribution is 2.28. The SMILES string of the molecule is O=C1CCc2ccc(cc2)Oc2cccc(c2)C[C@H](C(=O)O)OC(=O)[C@H](C2CCCCC2)N1. The molecule has 2 aromatic carbocycles. The molecule has 174 valence electrons. The number of hydrogen-bond donors (Lipinski definition) is 2. The van der Waals surface area contributed by atoms with E-state index in [0.717, 1.165) is 37.7 Å². The topological polar surface area (TPSA) is 102 Å². The first-order chi connectivity index (χ1) is 16.0. The van der Waals surface area contributed by atoms with Crippen LogP contribution in [-0.4, -0.2) is 35.1 Å². The summed E-state index contributed by atoms with van der Waals surface area (Å²) >= 11 is 0. The van der Waals surface area contributed by atoms with E-state index < -0.39 is 24.1 Å². The van der Waals surface area contributed by atoms with Crippen LogP contribution in [-0.2, 0) is 32.0 Å². The third-order valence-corrected chi connectivity index (χ3v) is 6.34. The second-order valence-electron chi connectivity index (χ2n) is 8.80. The van der Waals surface area contributed by atoms with E-state index in [4.69, 9.17) is 9.47 Å². The number of aryl methyl sites for hydroxylation is 1. The molecule has 5 rings (SSSR count). The molecule has 2 aromatic rings. The Morgan fingerprint density at radius 2 is 1.67 bits per heavy atom. The maximum Gasteiger partial charge on any atom is 0.345 e. The van der Waals surface area contributed by atoms with Gasteiger partial charge in [0.1, 0.15) is 17.5 Å². The van der Waals surface area contributed by atoms with E-state index in [2.05, 4.69) is 5.32 Å². The van der Waals surface area contributed by atoms with Gasteiger partial charge < -0.3 is 19.9 Å². The van der Waals surface area contributed by atoms with Gasteiger partial charge in [-0.2, -0.15) is 0 Å².